The van der Waals surface area contributed by atoms with E-state index in [4.69, 9.17) is 10.5 Å². The van der Waals surface area contributed by atoms with Crippen molar-refractivity contribution in [1.29, 1.82) is 0 Å². The van der Waals surface area contributed by atoms with Gasteiger partial charge in [-0.1, -0.05) is 29.8 Å². The van der Waals surface area contributed by atoms with Gasteiger partial charge in [-0.2, -0.15) is 0 Å². The van der Waals surface area contributed by atoms with E-state index in [2.05, 4.69) is 41.4 Å². The van der Waals surface area contributed by atoms with Crippen LogP contribution in [0.4, 0.5) is 4.39 Å². The number of hydrogen-bond acceptors (Lipinski definition) is 5. The van der Waals surface area contributed by atoms with Gasteiger partial charge in [0.1, 0.15) is 11.9 Å². The second kappa shape index (κ2) is 13.2. The summed E-state index contributed by atoms with van der Waals surface area (Å²) in [7, 11) is 0. The molecule has 0 radical (unpaired) electrons. The van der Waals surface area contributed by atoms with Crippen LogP contribution in [-0.2, 0) is 16.1 Å². The number of nitrogens with zero attached hydrogens (tertiary/aromatic N) is 2. The van der Waals surface area contributed by atoms with Gasteiger partial charge < -0.3 is 20.7 Å². The predicted molar refractivity (Wildman–Crippen MR) is 153 cm³/mol. The Balaban J connectivity index is 1.36. The highest BCUT2D eigenvalue weighted by molar-refractivity contribution is 5.97. The lowest BCUT2D eigenvalue weighted by Gasteiger charge is -2.44. The van der Waals surface area contributed by atoms with Crippen molar-refractivity contribution in [1.82, 2.24) is 15.1 Å². The molecule has 1 saturated carbocycles. The van der Waals surface area contributed by atoms with E-state index in [1.54, 1.807) is 4.90 Å². The molecule has 3 atom stereocenters. The van der Waals surface area contributed by atoms with Gasteiger partial charge in [-0.3, -0.25) is 14.5 Å². The van der Waals surface area contributed by atoms with E-state index in [9.17, 15) is 14.0 Å². The van der Waals surface area contributed by atoms with E-state index >= 15 is 0 Å². The van der Waals surface area contributed by atoms with E-state index in [1.165, 1.54) is 35.4 Å². The standard InChI is InChI=1S/C32H43FN4O3/c1-22-4-6-23(7-5-22)20-36(21-29-3-2-18-40-29)28-16-17-37(32(39)24-8-10-25(33)11-9-24)30(19-28)31(38)35-27-14-12-26(34)13-15-27/h4-11,26-30H,2-3,12-21,34H2,1H3,(H,35,38)/t26?,27?,28?,29?,30-/m1/s1. The molecule has 2 saturated heterocycles. The normalized spacial score (nSPS) is 27.1. The summed E-state index contributed by atoms with van der Waals surface area (Å²) in [5, 5.41) is 3.25. The molecule has 2 aromatic carbocycles. The number of rotatable bonds is 8. The zero-order valence-corrected chi connectivity index (χ0v) is 23.6. The van der Waals surface area contributed by atoms with E-state index in [1.807, 2.05) is 0 Å². The third-order valence-electron chi connectivity index (χ3n) is 8.83. The largest absolute Gasteiger partial charge is 0.377 e. The van der Waals surface area contributed by atoms with Crippen molar-refractivity contribution < 1.29 is 18.7 Å². The molecular formula is C32H43FN4O3. The molecule has 0 spiro atoms. The molecular weight excluding hydrogens is 507 g/mol. The van der Waals surface area contributed by atoms with Gasteiger partial charge in [-0.25, -0.2) is 4.39 Å². The van der Waals surface area contributed by atoms with Gasteiger partial charge in [0.15, 0.2) is 0 Å². The van der Waals surface area contributed by atoms with Crippen LogP contribution >= 0.6 is 0 Å². The lowest BCUT2D eigenvalue weighted by molar-refractivity contribution is -0.128. The molecule has 3 fully saturated rings. The lowest BCUT2D eigenvalue weighted by atomic mass is 9.90. The molecule has 5 rings (SSSR count). The number of piperidine rings is 1. The summed E-state index contributed by atoms with van der Waals surface area (Å²) in [5.41, 5.74) is 8.94. The number of nitrogens with one attached hydrogen (secondary N) is 1. The topological polar surface area (TPSA) is 87.9 Å². The number of nitrogens with two attached hydrogens (primary N) is 1. The number of carbonyl (C=O) groups is 2. The first kappa shape index (κ1) is 28.7. The minimum atomic E-state index is -0.600. The molecule has 7 nitrogen and oxygen atoms in total. The van der Waals surface area contributed by atoms with Crippen LogP contribution in [0.5, 0.6) is 0 Å². The van der Waals surface area contributed by atoms with Crippen molar-refractivity contribution >= 4 is 11.8 Å². The molecule has 8 heteroatoms. The Morgan fingerprint density at radius 3 is 2.42 bits per heavy atom. The fraction of sp³-hybridized carbons (Fsp3) is 0.562. The van der Waals surface area contributed by atoms with E-state index in [0.29, 0.717) is 18.5 Å². The van der Waals surface area contributed by atoms with Gasteiger partial charge in [-0.15, -0.1) is 0 Å². The van der Waals surface area contributed by atoms with Crippen molar-refractivity contribution in [3.8, 4) is 0 Å². The van der Waals surface area contributed by atoms with E-state index in [-0.39, 0.29) is 41.9 Å². The quantitative estimate of drug-likeness (QED) is 0.515. The Labute approximate surface area is 237 Å². The highest BCUT2D eigenvalue weighted by Crippen LogP contribution is 2.28. The number of ether oxygens (including phenoxy) is 1. The Hall–Kier alpha value is -2.81. The minimum Gasteiger partial charge on any atom is -0.377 e. The van der Waals surface area contributed by atoms with Crippen molar-refractivity contribution in [2.24, 2.45) is 5.73 Å². The Kier molecular flexibility index (Phi) is 9.50. The third-order valence-corrected chi connectivity index (χ3v) is 8.83. The molecule has 3 aliphatic rings. The zero-order valence-electron chi connectivity index (χ0n) is 23.6. The lowest BCUT2D eigenvalue weighted by Crippen LogP contribution is -2.59. The smallest absolute Gasteiger partial charge is 0.254 e. The molecule has 2 heterocycles. The van der Waals surface area contributed by atoms with Crippen LogP contribution in [0.1, 0.15) is 72.9 Å². The van der Waals surface area contributed by atoms with E-state index < -0.39 is 6.04 Å². The van der Waals surface area contributed by atoms with Gasteiger partial charge in [-0.05, 0) is 88.1 Å². The summed E-state index contributed by atoms with van der Waals surface area (Å²) in [4.78, 5) is 31.6. The minimum absolute atomic E-state index is 0.0750. The molecule has 0 aromatic heterocycles. The number of hydrogen-bond donors (Lipinski definition) is 2. The summed E-state index contributed by atoms with van der Waals surface area (Å²) in [6.45, 7) is 4.92. The van der Waals surface area contributed by atoms with Gasteiger partial charge in [0.2, 0.25) is 5.91 Å². The third kappa shape index (κ3) is 7.28. The second-order valence-corrected chi connectivity index (χ2v) is 11.9. The highest BCUT2D eigenvalue weighted by Gasteiger charge is 2.40. The monoisotopic (exact) mass is 550 g/mol. The maximum atomic E-state index is 13.8. The fourth-order valence-corrected chi connectivity index (χ4v) is 6.41. The Morgan fingerprint density at radius 2 is 1.75 bits per heavy atom. The maximum Gasteiger partial charge on any atom is 0.254 e. The number of carbonyl (C=O) groups excluding carboxylic acids is 2. The second-order valence-electron chi connectivity index (χ2n) is 11.9. The molecule has 2 aliphatic heterocycles. The van der Waals surface area contributed by atoms with Gasteiger partial charge in [0.25, 0.3) is 5.91 Å². The van der Waals surface area contributed by atoms with Crippen LogP contribution in [0.25, 0.3) is 0 Å². The molecule has 216 valence electrons. The average Bonchev–Trinajstić information content (AvgIpc) is 3.48. The van der Waals surface area contributed by atoms with E-state index in [0.717, 1.165) is 64.6 Å². The summed E-state index contributed by atoms with van der Waals surface area (Å²) >= 11 is 0. The number of amides is 2. The van der Waals surface area contributed by atoms with Gasteiger partial charge in [0, 0.05) is 49.9 Å². The van der Waals surface area contributed by atoms with Crippen molar-refractivity contribution in [3.63, 3.8) is 0 Å². The van der Waals surface area contributed by atoms with Gasteiger partial charge in [0.05, 0.1) is 6.10 Å². The molecule has 1 aliphatic carbocycles. The molecule has 2 amide bonds. The van der Waals surface area contributed by atoms with Crippen molar-refractivity contribution in [2.75, 3.05) is 19.7 Å². The van der Waals surface area contributed by atoms with Gasteiger partial charge >= 0.3 is 0 Å². The first-order valence-electron chi connectivity index (χ1n) is 14.9. The summed E-state index contributed by atoms with van der Waals surface area (Å²) in [6, 6.07) is 14.0. The summed E-state index contributed by atoms with van der Waals surface area (Å²) < 4.78 is 19.6. The fourth-order valence-electron chi connectivity index (χ4n) is 6.41. The predicted octanol–water partition coefficient (Wildman–Crippen LogP) is 4.17. The summed E-state index contributed by atoms with van der Waals surface area (Å²) in [5.74, 6) is -0.720. The van der Waals surface area contributed by atoms with Crippen LogP contribution < -0.4 is 11.1 Å². The van der Waals surface area contributed by atoms with Crippen LogP contribution in [0.2, 0.25) is 0 Å². The molecule has 40 heavy (non-hydrogen) atoms. The number of aryl methyl sites for hydroxylation is 1. The van der Waals surface area contributed by atoms with Crippen LogP contribution in [0.15, 0.2) is 48.5 Å². The SMILES string of the molecule is Cc1ccc(CN(CC2CCCO2)C2CCN(C(=O)c3ccc(F)cc3)[C@@H](C(=O)NC3CCC(N)CC3)C2)cc1. The highest BCUT2D eigenvalue weighted by atomic mass is 19.1. The van der Waals surface area contributed by atoms with Crippen molar-refractivity contribution in [2.45, 2.75) is 95.1 Å². The van der Waals surface area contributed by atoms with Crippen molar-refractivity contribution in [3.05, 3.63) is 71.0 Å². The number of likely N-dealkylation sites (tertiary alicyclic amines) is 1. The first-order valence-corrected chi connectivity index (χ1v) is 14.9. The number of benzene rings is 2. The average molecular weight is 551 g/mol. The Bertz CT molecular complexity index is 1130. The zero-order chi connectivity index (χ0) is 28.1. The Morgan fingerprint density at radius 1 is 1.02 bits per heavy atom. The first-order chi connectivity index (χ1) is 19.4. The molecule has 0 bridgehead atoms. The molecule has 2 unspecified atom stereocenters. The number of halogens is 1. The maximum absolute atomic E-state index is 13.8. The van der Waals surface area contributed by atoms with Crippen LogP contribution in [0, 0.1) is 12.7 Å². The van der Waals surface area contributed by atoms with Crippen LogP contribution in [0.3, 0.4) is 0 Å². The molecule has 3 N–H and O–H groups in total. The summed E-state index contributed by atoms with van der Waals surface area (Å²) in [6.07, 6.45) is 7.09. The van der Waals surface area contributed by atoms with Crippen LogP contribution in [-0.4, -0.2) is 71.6 Å². The molecule has 2 aromatic rings.